The Labute approximate surface area is 195 Å². The number of hydrogen-bond donors (Lipinski definition) is 1. The molecular weight excluding hydrogens is 475 g/mol. The molecule has 0 bridgehead atoms. The molecule has 0 atom stereocenters. The quantitative estimate of drug-likeness (QED) is 0.374. The first kappa shape index (κ1) is 22.8. The van der Waals surface area contributed by atoms with Gasteiger partial charge in [-0.25, -0.2) is 9.50 Å². The van der Waals surface area contributed by atoms with Crippen molar-refractivity contribution in [2.24, 2.45) is 0 Å². The number of aryl methyl sites for hydroxylation is 1. The summed E-state index contributed by atoms with van der Waals surface area (Å²) in [4.78, 5) is 17.9. The smallest absolute Gasteiger partial charge is 0.311 e. The molecule has 0 saturated heterocycles. The monoisotopic (exact) mass is 489 g/mol. The zero-order valence-corrected chi connectivity index (χ0v) is 18.9. The van der Waals surface area contributed by atoms with Gasteiger partial charge in [0.15, 0.2) is 17.0 Å². The summed E-state index contributed by atoms with van der Waals surface area (Å²) in [6, 6.07) is 10.3. The molecule has 3 heterocycles. The Morgan fingerprint density at radius 1 is 1.27 bits per heavy atom. The largest absolute Gasteiger partial charge is 0.433 e. The molecule has 1 amide bonds. The zero-order chi connectivity index (χ0) is 23.9. The van der Waals surface area contributed by atoms with E-state index in [4.69, 9.17) is 11.6 Å². The van der Waals surface area contributed by atoms with Gasteiger partial charge in [-0.2, -0.15) is 23.5 Å². The Hall–Kier alpha value is -3.42. The SMILES string of the molecule is CCc1c(C)sc(NC(=O)c2cc3nc(-c4ccc(Cl)cc4)cc(C(F)(F)F)n3n2)c1C#N. The highest BCUT2D eigenvalue weighted by molar-refractivity contribution is 7.16. The highest BCUT2D eigenvalue weighted by Crippen LogP contribution is 2.34. The van der Waals surface area contributed by atoms with Crippen LogP contribution in [0.5, 0.6) is 0 Å². The summed E-state index contributed by atoms with van der Waals surface area (Å²) < 4.78 is 41.9. The summed E-state index contributed by atoms with van der Waals surface area (Å²) in [5, 5.41) is 16.7. The zero-order valence-electron chi connectivity index (χ0n) is 17.3. The maximum Gasteiger partial charge on any atom is 0.433 e. The average Bonchev–Trinajstić information content (AvgIpc) is 3.32. The second-order valence-corrected chi connectivity index (χ2v) is 8.75. The van der Waals surface area contributed by atoms with Gasteiger partial charge in [-0.15, -0.1) is 11.3 Å². The first-order valence-electron chi connectivity index (χ1n) is 9.70. The Morgan fingerprint density at radius 2 is 1.97 bits per heavy atom. The lowest BCUT2D eigenvalue weighted by Gasteiger charge is -2.11. The summed E-state index contributed by atoms with van der Waals surface area (Å²) in [6.07, 6.45) is -4.13. The van der Waals surface area contributed by atoms with E-state index in [2.05, 4.69) is 21.5 Å². The fourth-order valence-corrected chi connectivity index (χ4v) is 4.65. The summed E-state index contributed by atoms with van der Waals surface area (Å²) >= 11 is 7.10. The van der Waals surface area contributed by atoms with Crippen LogP contribution in [0.1, 0.15) is 39.1 Å². The van der Waals surface area contributed by atoms with Gasteiger partial charge in [0.05, 0.1) is 11.3 Å². The van der Waals surface area contributed by atoms with Gasteiger partial charge >= 0.3 is 6.18 Å². The first-order chi connectivity index (χ1) is 15.6. The van der Waals surface area contributed by atoms with Crippen LogP contribution in [-0.2, 0) is 12.6 Å². The van der Waals surface area contributed by atoms with Gasteiger partial charge in [-0.3, -0.25) is 4.79 Å². The molecule has 3 aromatic heterocycles. The standard InChI is InChI=1S/C22H15ClF3N5OS/c1-3-14-11(2)33-21(15(14)10-27)29-20(32)17-9-19-28-16(12-4-6-13(23)7-5-12)8-18(22(24,25)26)31(19)30-17/h4-9H,3H2,1-2H3,(H,29,32). The van der Waals surface area contributed by atoms with Gasteiger partial charge in [0.25, 0.3) is 5.91 Å². The summed E-state index contributed by atoms with van der Waals surface area (Å²) in [6.45, 7) is 3.73. The predicted molar refractivity (Wildman–Crippen MR) is 120 cm³/mol. The molecule has 33 heavy (non-hydrogen) atoms. The Balaban J connectivity index is 1.78. The third kappa shape index (κ3) is 4.29. The number of aromatic nitrogens is 3. The highest BCUT2D eigenvalue weighted by atomic mass is 35.5. The molecule has 0 aliphatic heterocycles. The van der Waals surface area contributed by atoms with Crippen molar-refractivity contribution in [1.82, 2.24) is 14.6 Å². The molecule has 4 aromatic rings. The van der Waals surface area contributed by atoms with Crippen molar-refractivity contribution in [3.63, 3.8) is 0 Å². The molecule has 11 heteroatoms. The van der Waals surface area contributed by atoms with Gasteiger partial charge in [-0.05, 0) is 37.1 Å². The Kier molecular flexibility index (Phi) is 5.86. The highest BCUT2D eigenvalue weighted by Gasteiger charge is 2.35. The van der Waals surface area contributed by atoms with Crippen molar-refractivity contribution in [3.8, 4) is 17.3 Å². The maximum absolute atomic E-state index is 13.8. The number of fused-ring (bicyclic) bond motifs is 1. The maximum atomic E-state index is 13.8. The lowest BCUT2D eigenvalue weighted by Crippen LogP contribution is -2.15. The van der Waals surface area contributed by atoms with Crippen LogP contribution in [-0.4, -0.2) is 20.5 Å². The molecule has 0 aliphatic carbocycles. The van der Waals surface area contributed by atoms with Crippen molar-refractivity contribution >= 4 is 39.5 Å². The number of amides is 1. The van der Waals surface area contributed by atoms with Crippen molar-refractivity contribution in [2.75, 3.05) is 5.32 Å². The fourth-order valence-electron chi connectivity index (χ4n) is 3.43. The van der Waals surface area contributed by atoms with Gasteiger partial charge in [-0.1, -0.05) is 30.7 Å². The van der Waals surface area contributed by atoms with Crippen LogP contribution >= 0.6 is 22.9 Å². The van der Waals surface area contributed by atoms with Crippen LogP contribution in [0.25, 0.3) is 16.9 Å². The lowest BCUT2D eigenvalue weighted by atomic mass is 10.1. The second-order valence-electron chi connectivity index (χ2n) is 7.09. The molecule has 1 aromatic carbocycles. The van der Waals surface area contributed by atoms with Gasteiger partial charge in [0.2, 0.25) is 0 Å². The van der Waals surface area contributed by atoms with Crippen LogP contribution in [0.15, 0.2) is 36.4 Å². The Bertz CT molecular complexity index is 1420. The van der Waals surface area contributed by atoms with Crippen molar-refractivity contribution in [2.45, 2.75) is 26.4 Å². The van der Waals surface area contributed by atoms with E-state index in [0.29, 0.717) is 32.1 Å². The molecule has 1 N–H and O–H groups in total. The number of thiophene rings is 1. The van der Waals surface area contributed by atoms with Crippen LogP contribution in [0.4, 0.5) is 18.2 Å². The number of carbonyl (C=O) groups excluding carboxylic acids is 1. The van der Waals surface area contributed by atoms with E-state index in [9.17, 15) is 23.2 Å². The topological polar surface area (TPSA) is 83.1 Å². The van der Waals surface area contributed by atoms with Crippen molar-refractivity contribution in [1.29, 1.82) is 5.26 Å². The molecule has 4 rings (SSSR count). The molecule has 6 nitrogen and oxygen atoms in total. The summed E-state index contributed by atoms with van der Waals surface area (Å²) in [5.41, 5.74) is 0.185. The molecule has 0 radical (unpaired) electrons. The molecule has 0 aliphatic rings. The number of halogens is 4. The second kappa shape index (κ2) is 8.50. The summed E-state index contributed by atoms with van der Waals surface area (Å²) in [7, 11) is 0. The molecule has 0 saturated carbocycles. The number of nitrogens with one attached hydrogen (secondary N) is 1. The average molecular weight is 490 g/mol. The first-order valence-corrected chi connectivity index (χ1v) is 10.9. The van der Waals surface area contributed by atoms with Crippen LogP contribution < -0.4 is 5.32 Å². The van der Waals surface area contributed by atoms with Crippen LogP contribution in [0.2, 0.25) is 5.02 Å². The number of benzene rings is 1. The number of nitrogens with zero attached hydrogens (tertiary/aromatic N) is 4. The minimum absolute atomic E-state index is 0.0617. The molecular formula is C22H15ClF3N5OS. The molecule has 0 unspecified atom stereocenters. The van der Waals surface area contributed by atoms with Gasteiger partial charge in [0.1, 0.15) is 11.1 Å². The van der Waals surface area contributed by atoms with Crippen molar-refractivity contribution < 1.29 is 18.0 Å². The van der Waals surface area contributed by atoms with Gasteiger partial charge < -0.3 is 5.32 Å². The lowest BCUT2D eigenvalue weighted by molar-refractivity contribution is -0.142. The van der Waals surface area contributed by atoms with E-state index >= 15 is 0 Å². The molecule has 0 spiro atoms. The van der Waals surface area contributed by atoms with E-state index < -0.39 is 17.8 Å². The van der Waals surface area contributed by atoms with E-state index in [0.717, 1.165) is 16.5 Å². The third-order valence-electron chi connectivity index (χ3n) is 4.99. The number of nitriles is 1. The van der Waals surface area contributed by atoms with Gasteiger partial charge in [0, 0.05) is 21.5 Å². The van der Waals surface area contributed by atoms with Crippen LogP contribution in [0, 0.1) is 18.3 Å². The normalized spacial score (nSPS) is 11.5. The van der Waals surface area contributed by atoms with Crippen LogP contribution in [0.3, 0.4) is 0 Å². The van der Waals surface area contributed by atoms with Crippen molar-refractivity contribution in [3.05, 3.63) is 68.8 Å². The number of carbonyl (C=O) groups is 1. The molecule has 168 valence electrons. The third-order valence-corrected chi connectivity index (χ3v) is 6.31. The number of alkyl halides is 3. The Morgan fingerprint density at radius 3 is 2.58 bits per heavy atom. The summed E-state index contributed by atoms with van der Waals surface area (Å²) in [5.74, 6) is -0.734. The number of hydrogen-bond acceptors (Lipinski definition) is 5. The fraction of sp³-hybridized carbons (Fsp3) is 0.182. The van der Waals surface area contributed by atoms with E-state index in [1.54, 1.807) is 24.3 Å². The van der Waals surface area contributed by atoms with E-state index in [1.807, 2.05) is 13.8 Å². The van der Waals surface area contributed by atoms with E-state index in [-0.39, 0.29) is 17.0 Å². The minimum atomic E-state index is -4.74. The van der Waals surface area contributed by atoms with E-state index in [1.165, 1.54) is 17.4 Å². The predicted octanol–water partition coefficient (Wildman–Crippen LogP) is 6.12. The molecule has 0 fully saturated rings. The number of anilines is 1. The minimum Gasteiger partial charge on any atom is -0.311 e. The number of rotatable bonds is 4.